The molecule has 0 bridgehead atoms. The van der Waals surface area contributed by atoms with Crippen LogP contribution < -0.4 is 21.1 Å². The Morgan fingerprint density at radius 2 is 1.62 bits per heavy atom. The van der Waals surface area contributed by atoms with Gasteiger partial charge >= 0.3 is 6.09 Å². The summed E-state index contributed by atoms with van der Waals surface area (Å²) in [5.74, 6) is 1.26. The van der Waals surface area contributed by atoms with Gasteiger partial charge in [0.2, 0.25) is 5.91 Å². The van der Waals surface area contributed by atoms with Crippen molar-refractivity contribution < 1.29 is 19.1 Å². The fourth-order valence-corrected chi connectivity index (χ4v) is 2.48. The molecule has 7 heteroatoms. The van der Waals surface area contributed by atoms with E-state index in [9.17, 15) is 9.59 Å². The number of anilines is 1. The van der Waals surface area contributed by atoms with Crippen molar-refractivity contribution in [2.45, 2.75) is 45.3 Å². The minimum atomic E-state index is -0.586. The zero-order chi connectivity index (χ0) is 21.3. The zero-order valence-corrected chi connectivity index (χ0v) is 17.1. The molecular formula is C22H29N3O4. The molecule has 29 heavy (non-hydrogen) atoms. The van der Waals surface area contributed by atoms with Gasteiger partial charge in [0.15, 0.2) is 0 Å². The van der Waals surface area contributed by atoms with E-state index in [0.717, 1.165) is 5.75 Å². The molecule has 0 radical (unpaired) electrons. The molecular weight excluding hydrogens is 370 g/mol. The molecule has 0 aliphatic rings. The maximum atomic E-state index is 12.2. The highest BCUT2D eigenvalue weighted by Crippen LogP contribution is 2.22. The highest BCUT2D eigenvalue weighted by Gasteiger charge is 2.19. The molecule has 1 unspecified atom stereocenters. The van der Waals surface area contributed by atoms with Crippen molar-refractivity contribution in [2.24, 2.45) is 5.73 Å². The second-order valence-electron chi connectivity index (χ2n) is 7.61. The van der Waals surface area contributed by atoms with Crippen molar-refractivity contribution in [3.8, 4) is 11.5 Å². The number of amides is 2. The smallest absolute Gasteiger partial charge is 0.407 e. The number of carbonyl (C=O) groups is 2. The highest BCUT2D eigenvalue weighted by molar-refractivity contribution is 5.90. The summed E-state index contributed by atoms with van der Waals surface area (Å²) in [7, 11) is 0. The summed E-state index contributed by atoms with van der Waals surface area (Å²) < 4.78 is 10.9. The van der Waals surface area contributed by atoms with Crippen LogP contribution in [0.15, 0.2) is 54.6 Å². The van der Waals surface area contributed by atoms with Gasteiger partial charge in [-0.1, -0.05) is 18.2 Å². The van der Waals surface area contributed by atoms with Gasteiger partial charge in [0.1, 0.15) is 17.1 Å². The fourth-order valence-electron chi connectivity index (χ4n) is 2.48. The Morgan fingerprint density at radius 3 is 2.21 bits per heavy atom. The van der Waals surface area contributed by atoms with Crippen LogP contribution in [0.4, 0.5) is 10.5 Å². The summed E-state index contributed by atoms with van der Waals surface area (Å²) in [6.45, 7) is 5.58. The summed E-state index contributed by atoms with van der Waals surface area (Å²) in [6.07, 6.45) is 0.0961. The number of hydrogen-bond donors (Lipinski definition) is 3. The molecule has 2 aromatic carbocycles. The monoisotopic (exact) mass is 399 g/mol. The number of nitrogens with two attached hydrogens (primary N) is 1. The van der Waals surface area contributed by atoms with Crippen LogP contribution in [0.5, 0.6) is 11.5 Å². The van der Waals surface area contributed by atoms with E-state index >= 15 is 0 Å². The average Bonchev–Trinajstić information content (AvgIpc) is 2.66. The van der Waals surface area contributed by atoms with Crippen molar-refractivity contribution >= 4 is 17.7 Å². The van der Waals surface area contributed by atoms with Crippen LogP contribution in [-0.4, -0.2) is 30.2 Å². The maximum Gasteiger partial charge on any atom is 0.407 e. The summed E-state index contributed by atoms with van der Waals surface area (Å²) in [6, 6.07) is 16.2. The van der Waals surface area contributed by atoms with E-state index in [0.29, 0.717) is 17.9 Å². The lowest BCUT2D eigenvalue weighted by Crippen LogP contribution is -2.43. The molecule has 0 fully saturated rings. The third-order valence-electron chi connectivity index (χ3n) is 3.84. The molecule has 1 atom stereocenters. The Morgan fingerprint density at radius 1 is 1.00 bits per heavy atom. The van der Waals surface area contributed by atoms with E-state index < -0.39 is 11.7 Å². The second-order valence-corrected chi connectivity index (χ2v) is 7.61. The molecule has 0 aliphatic heterocycles. The molecule has 156 valence electrons. The molecule has 0 aliphatic carbocycles. The van der Waals surface area contributed by atoms with Crippen LogP contribution in [0.3, 0.4) is 0 Å². The predicted molar refractivity (Wildman–Crippen MR) is 113 cm³/mol. The van der Waals surface area contributed by atoms with E-state index in [2.05, 4.69) is 10.6 Å². The largest absolute Gasteiger partial charge is 0.457 e. The van der Waals surface area contributed by atoms with Gasteiger partial charge in [-0.3, -0.25) is 4.79 Å². The first-order chi connectivity index (χ1) is 13.7. The summed E-state index contributed by atoms with van der Waals surface area (Å²) >= 11 is 0. The predicted octanol–water partition coefficient (Wildman–Crippen LogP) is 4.05. The summed E-state index contributed by atoms with van der Waals surface area (Å²) in [5, 5.41) is 5.52. The topological polar surface area (TPSA) is 103 Å². The van der Waals surface area contributed by atoms with E-state index in [1.807, 2.05) is 30.3 Å². The quantitative estimate of drug-likeness (QED) is 0.621. The third-order valence-corrected chi connectivity index (χ3v) is 3.84. The Bertz CT molecular complexity index is 786. The SMILES string of the molecule is CC(C)(C)OC(=O)NC(CN)CCC(=O)Nc1ccc(Oc2ccccc2)cc1. The molecule has 0 spiro atoms. The first kappa shape index (κ1) is 22.2. The maximum absolute atomic E-state index is 12.2. The first-order valence-corrected chi connectivity index (χ1v) is 9.57. The van der Waals surface area contributed by atoms with Crippen LogP contribution in [0.25, 0.3) is 0 Å². The van der Waals surface area contributed by atoms with Crippen molar-refractivity contribution in [1.82, 2.24) is 5.32 Å². The zero-order valence-electron chi connectivity index (χ0n) is 17.1. The Kier molecular flexibility index (Phi) is 8.03. The van der Waals surface area contributed by atoms with Gasteiger partial charge in [-0.05, 0) is 63.6 Å². The second kappa shape index (κ2) is 10.5. The minimum Gasteiger partial charge on any atom is -0.457 e. The summed E-state index contributed by atoms with van der Waals surface area (Å²) in [4.78, 5) is 24.0. The van der Waals surface area contributed by atoms with Crippen molar-refractivity contribution in [2.75, 3.05) is 11.9 Å². The van der Waals surface area contributed by atoms with Gasteiger partial charge in [-0.2, -0.15) is 0 Å². The summed E-state index contributed by atoms with van der Waals surface area (Å²) in [5.41, 5.74) is 5.77. The highest BCUT2D eigenvalue weighted by atomic mass is 16.6. The van der Waals surface area contributed by atoms with Crippen molar-refractivity contribution in [1.29, 1.82) is 0 Å². The number of alkyl carbamates (subject to hydrolysis) is 1. The van der Waals surface area contributed by atoms with E-state index in [-0.39, 0.29) is 24.9 Å². The first-order valence-electron chi connectivity index (χ1n) is 9.57. The van der Waals surface area contributed by atoms with Crippen LogP contribution in [0.2, 0.25) is 0 Å². The lowest BCUT2D eigenvalue weighted by atomic mass is 10.1. The number of carbonyl (C=O) groups excluding carboxylic acids is 2. The molecule has 0 aromatic heterocycles. The average molecular weight is 399 g/mol. The standard InChI is InChI=1S/C22H29N3O4/c1-22(2,3)29-21(27)25-17(15-23)11-14-20(26)24-16-9-12-19(13-10-16)28-18-7-5-4-6-8-18/h4-10,12-13,17H,11,14-15,23H2,1-3H3,(H,24,26)(H,25,27). The van der Waals surface area contributed by atoms with Gasteiger partial charge in [0.05, 0.1) is 0 Å². The van der Waals surface area contributed by atoms with E-state index in [4.69, 9.17) is 15.2 Å². The van der Waals surface area contributed by atoms with Crippen molar-refractivity contribution in [3.05, 3.63) is 54.6 Å². The molecule has 0 saturated heterocycles. The normalized spacial score (nSPS) is 12.0. The lowest BCUT2D eigenvalue weighted by Gasteiger charge is -2.23. The number of ether oxygens (including phenoxy) is 2. The van der Waals surface area contributed by atoms with Crippen LogP contribution in [-0.2, 0) is 9.53 Å². The van der Waals surface area contributed by atoms with Crippen LogP contribution in [0, 0.1) is 0 Å². The lowest BCUT2D eigenvalue weighted by molar-refractivity contribution is -0.116. The Labute approximate surface area is 171 Å². The molecule has 2 aromatic rings. The Hall–Kier alpha value is -3.06. The molecule has 2 rings (SSSR count). The molecule has 0 saturated carbocycles. The molecule has 4 N–H and O–H groups in total. The van der Waals surface area contributed by atoms with Gasteiger partial charge in [0, 0.05) is 24.7 Å². The number of nitrogens with one attached hydrogen (secondary N) is 2. The van der Waals surface area contributed by atoms with Crippen molar-refractivity contribution in [3.63, 3.8) is 0 Å². The Balaban J connectivity index is 1.78. The van der Waals surface area contributed by atoms with Gasteiger partial charge in [-0.25, -0.2) is 4.79 Å². The van der Waals surface area contributed by atoms with Crippen LogP contribution in [0.1, 0.15) is 33.6 Å². The molecule has 2 amide bonds. The van der Waals surface area contributed by atoms with Gasteiger partial charge in [-0.15, -0.1) is 0 Å². The third kappa shape index (κ3) is 8.66. The number of benzene rings is 2. The van der Waals surface area contributed by atoms with Gasteiger partial charge < -0.3 is 25.8 Å². The van der Waals surface area contributed by atoms with E-state index in [1.165, 1.54) is 0 Å². The van der Waals surface area contributed by atoms with Gasteiger partial charge in [0.25, 0.3) is 0 Å². The molecule has 0 heterocycles. The minimum absolute atomic E-state index is 0.161. The number of rotatable bonds is 8. The van der Waals surface area contributed by atoms with E-state index in [1.54, 1.807) is 45.0 Å². The number of hydrogen-bond acceptors (Lipinski definition) is 5. The number of para-hydroxylation sites is 1. The fraction of sp³-hybridized carbons (Fsp3) is 0.364. The molecule has 7 nitrogen and oxygen atoms in total. The van der Waals surface area contributed by atoms with Crippen LogP contribution >= 0.6 is 0 Å².